The summed E-state index contributed by atoms with van der Waals surface area (Å²) in [6.07, 6.45) is 1.80. The number of H-pyrrole nitrogens is 1. The van der Waals surface area contributed by atoms with E-state index in [0.717, 1.165) is 26.5 Å². The van der Waals surface area contributed by atoms with Gasteiger partial charge in [-0.2, -0.15) is 0 Å². The van der Waals surface area contributed by atoms with Gasteiger partial charge in [-0.1, -0.05) is 42.1 Å². The van der Waals surface area contributed by atoms with Crippen molar-refractivity contribution in [3.8, 4) is 11.3 Å². The normalized spacial score (nSPS) is 12.6. The number of thioether (sulfide) groups is 1. The van der Waals surface area contributed by atoms with Gasteiger partial charge in [0.2, 0.25) is 0 Å². The molecule has 3 N–H and O–H groups in total. The second-order valence-electron chi connectivity index (χ2n) is 6.36. The monoisotopic (exact) mass is 397 g/mol. The van der Waals surface area contributed by atoms with Gasteiger partial charge in [0.1, 0.15) is 10.7 Å². The van der Waals surface area contributed by atoms with Gasteiger partial charge in [0.25, 0.3) is 5.56 Å². The van der Waals surface area contributed by atoms with Gasteiger partial charge < -0.3 is 10.8 Å². The Morgan fingerprint density at radius 1 is 1.22 bits per heavy atom. The number of aromatic amines is 1. The number of nitrogen functional groups attached to an aromatic ring is 1. The summed E-state index contributed by atoms with van der Waals surface area (Å²) in [7, 11) is 0. The molecule has 0 saturated heterocycles. The topological polar surface area (TPSA) is 89.6 Å². The molecular formula is C19H19N5OS2. The molecule has 1 aromatic carbocycles. The van der Waals surface area contributed by atoms with Crippen molar-refractivity contribution in [2.45, 2.75) is 31.2 Å². The van der Waals surface area contributed by atoms with Crippen molar-refractivity contribution in [1.29, 1.82) is 0 Å². The highest BCUT2D eigenvalue weighted by Gasteiger charge is 2.18. The van der Waals surface area contributed by atoms with Crippen LogP contribution in [0.25, 0.3) is 21.5 Å². The largest absolute Gasteiger partial charge is 0.337 e. The van der Waals surface area contributed by atoms with E-state index in [1.54, 1.807) is 17.5 Å². The van der Waals surface area contributed by atoms with Gasteiger partial charge in [-0.15, -0.1) is 11.3 Å². The molecule has 138 valence electrons. The lowest BCUT2D eigenvalue weighted by Crippen LogP contribution is -2.13. The van der Waals surface area contributed by atoms with Crippen LogP contribution in [0.3, 0.4) is 0 Å². The van der Waals surface area contributed by atoms with Crippen molar-refractivity contribution < 1.29 is 0 Å². The van der Waals surface area contributed by atoms with Crippen LogP contribution in [-0.4, -0.2) is 19.6 Å². The van der Waals surface area contributed by atoms with Crippen molar-refractivity contribution in [1.82, 2.24) is 19.6 Å². The number of aryl methyl sites for hydroxylation is 2. The highest BCUT2D eigenvalue weighted by molar-refractivity contribution is 7.99. The first-order valence-electron chi connectivity index (χ1n) is 8.50. The Morgan fingerprint density at radius 2 is 1.96 bits per heavy atom. The molecule has 27 heavy (non-hydrogen) atoms. The predicted octanol–water partition coefficient (Wildman–Crippen LogP) is 4.03. The van der Waals surface area contributed by atoms with Crippen molar-refractivity contribution in [3.63, 3.8) is 0 Å². The number of hydrogen-bond acceptors (Lipinski definition) is 6. The zero-order chi connectivity index (χ0) is 19.1. The minimum Gasteiger partial charge on any atom is -0.337 e. The van der Waals surface area contributed by atoms with Crippen LogP contribution in [0.5, 0.6) is 0 Å². The number of rotatable bonds is 4. The van der Waals surface area contributed by atoms with Crippen LogP contribution in [0.15, 0.2) is 46.5 Å². The number of imidazole rings is 1. The third-order valence-corrected chi connectivity index (χ3v) is 6.68. The van der Waals surface area contributed by atoms with Crippen LogP contribution in [0, 0.1) is 13.8 Å². The number of aromatic nitrogens is 4. The predicted molar refractivity (Wildman–Crippen MR) is 112 cm³/mol. The third kappa shape index (κ3) is 3.26. The number of fused-ring (bicyclic) bond motifs is 1. The summed E-state index contributed by atoms with van der Waals surface area (Å²) in [5, 5.41) is 1.26. The van der Waals surface area contributed by atoms with E-state index in [4.69, 9.17) is 5.84 Å². The maximum Gasteiger partial charge on any atom is 0.259 e. The molecule has 0 unspecified atom stereocenters. The number of hydrogen-bond donors (Lipinski definition) is 2. The smallest absolute Gasteiger partial charge is 0.259 e. The quantitative estimate of drug-likeness (QED) is 0.401. The van der Waals surface area contributed by atoms with Crippen LogP contribution >= 0.6 is 23.1 Å². The molecule has 0 saturated carbocycles. The Kier molecular flexibility index (Phi) is 4.53. The molecule has 0 radical (unpaired) electrons. The maximum absolute atomic E-state index is 12.5. The lowest BCUT2D eigenvalue weighted by Gasteiger charge is -2.09. The van der Waals surface area contributed by atoms with Gasteiger partial charge in [0.15, 0.2) is 5.16 Å². The highest BCUT2D eigenvalue weighted by atomic mass is 32.2. The minimum atomic E-state index is -0.0989. The van der Waals surface area contributed by atoms with E-state index >= 15 is 0 Å². The van der Waals surface area contributed by atoms with Crippen LogP contribution in [0.1, 0.15) is 28.4 Å². The Hall–Kier alpha value is -2.58. The fourth-order valence-corrected chi connectivity index (χ4v) is 4.79. The molecule has 0 aliphatic carbocycles. The fourth-order valence-electron chi connectivity index (χ4n) is 2.89. The maximum atomic E-state index is 12.5. The SMILES string of the molecule is Cc1sc2nc([C@@H](C)Sc3nc(-c4ccccc4)cn3N)[nH]c(=O)c2c1C. The number of thiophene rings is 1. The van der Waals surface area contributed by atoms with Crippen LogP contribution in [0.4, 0.5) is 0 Å². The number of benzene rings is 1. The summed E-state index contributed by atoms with van der Waals surface area (Å²) < 4.78 is 1.51. The molecule has 3 heterocycles. The van der Waals surface area contributed by atoms with Gasteiger partial charge in [0, 0.05) is 10.4 Å². The molecule has 4 rings (SSSR count). The Labute approximate surface area is 164 Å². The molecule has 6 nitrogen and oxygen atoms in total. The molecule has 0 fully saturated rings. The summed E-state index contributed by atoms with van der Waals surface area (Å²) in [6, 6.07) is 9.89. The van der Waals surface area contributed by atoms with Gasteiger partial charge >= 0.3 is 0 Å². The Morgan fingerprint density at radius 3 is 2.70 bits per heavy atom. The van der Waals surface area contributed by atoms with E-state index < -0.39 is 0 Å². The Bertz CT molecular complexity index is 1180. The zero-order valence-corrected chi connectivity index (χ0v) is 16.8. The van der Waals surface area contributed by atoms with E-state index in [1.807, 2.05) is 51.1 Å². The van der Waals surface area contributed by atoms with Gasteiger partial charge in [-0.3, -0.25) is 4.79 Å². The molecule has 8 heteroatoms. The van der Waals surface area contributed by atoms with Crippen LogP contribution < -0.4 is 11.4 Å². The molecule has 0 aliphatic heterocycles. The first kappa shape index (κ1) is 17.8. The molecule has 0 aliphatic rings. The third-order valence-electron chi connectivity index (χ3n) is 4.49. The molecule has 0 amide bonds. The average Bonchev–Trinajstić information content (AvgIpc) is 3.16. The summed E-state index contributed by atoms with van der Waals surface area (Å²) >= 11 is 3.02. The molecule has 1 atom stereocenters. The summed E-state index contributed by atoms with van der Waals surface area (Å²) in [6.45, 7) is 5.95. The van der Waals surface area contributed by atoms with Crippen molar-refractivity contribution in [2.24, 2.45) is 0 Å². The van der Waals surface area contributed by atoms with Gasteiger partial charge in [-0.25, -0.2) is 14.6 Å². The number of nitrogens with one attached hydrogen (secondary N) is 1. The number of nitrogens with two attached hydrogens (primary N) is 1. The Balaban J connectivity index is 1.65. The van der Waals surface area contributed by atoms with Gasteiger partial charge in [-0.05, 0) is 26.3 Å². The molecular weight excluding hydrogens is 378 g/mol. The first-order valence-corrected chi connectivity index (χ1v) is 10.2. The van der Waals surface area contributed by atoms with E-state index in [9.17, 15) is 4.79 Å². The number of nitrogens with zero attached hydrogens (tertiary/aromatic N) is 3. The van der Waals surface area contributed by atoms with E-state index in [0.29, 0.717) is 16.4 Å². The summed E-state index contributed by atoms with van der Waals surface area (Å²) in [5.74, 6) is 6.72. The fraction of sp³-hybridized carbons (Fsp3) is 0.211. The van der Waals surface area contributed by atoms with Crippen molar-refractivity contribution >= 4 is 33.3 Å². The summed E-state index contributed by atoms with van der Waals surface area (Å²) in [4.78, 5) is 26.6. The second kappa shape index (κ2) is 6.86. The average molecular weight is 398 g/mol. The van der Waals surface area contributed by atoms with Crippen molar-refractivity contribution in [2.75, 3.05) is 5.84 Å². The van der Waals surface area contributed by atoms with Gasteiger partial charge in [0.05, 0.1) is 22.5 Å². The van der Waals surface area contributed by atoms with E-state index in [2.05, 4.69) is 15.0 Å². The molecule has 0 bridgehead atoms. The molecule has 4 aromatic rings. The van der Waals surface area contributed by atoms with E-state index in [1.165, 1.54) is 16.4 Å². The van der Waals surface area contributed by atoms with Crippen LogP contribution in [0.2, 0.25) is 0 Å². The minimum absolute atomic E-state index is 0.0923. The molecule has 0 spiro atoms. The molecule has 3 aromatic heterocycles. The summed E-state index contributed by atoms with van der Waals surface area (Å²) in [5.41, 5.74) is 2.73. The first-order chi connectivity index (χ1) is 12.9. The zero-order valence-electron chi connectivity index (χ0n) is 15.2. The van der Waals surface area contributed by atoms with Crippen molar-refractivity contribution in [3.05, 3.63) is 63.1 Å². The lowest BCUT2D eigenvalue weighted by atomic mass is 10.2. The van der Waals surface area contributed by atoms with E-state index in [-0.39, 0.29) is 10.8 Å². The second-order valence-corrected chi connectivity index (χ2v) is 8.87. The lowest BCUT2D eigenvalue weighted by molar-refractivity contribution is 0.837. The highest BCUT2D eigenvalue weighted by Crippen LogP contribution is 2.34. The van der Waals surface area contributed by atoms with Crippen LogP contribution in [-0.2, 0) is 0 Å². The standard InChI is InChI=1S/C19H19N5OS2/c1-10-11(2)26-18-15(10)17(25)22-16(23-18)12(3)27-19-21-14(9-24(19)20)13-7-5-4-6-8-13/h4-9,12H,20H2,1-3H3,(H,22,23,25)/t12-/m1/s1.